The summed E-state index contributed by atoms with van der Waals surface area (Å²) in [6.07, 6.45) is 2.95. The smallest absolute Gasteiger partial charge is 0.227 e. The first-order valence-corrected chi connectivity index (χ1v) is 9.25. The van der Waals surface area contributed by atoms with Crippen LogP contribution in [0.2, 0.25) is 0 Å². The second-order valence-electron chi connectivity index (χ2n) is 5.83. The number of nitrogens with zero attached hydrogens (tertiary/aromatic N) is 3. The molecule has 2 aliphatic heterocycles. The van der Waals surface area contributed by atoms with Crippen LogP contribution in [0, 0.1) is 23.2 Å². The normalized spacial score (nSPS) is 25.5. The maximum atomic E-state index is 12.5. The molecule has 0 saturated carbocycles. The van der Waals surface area contributed by atoms with E-state index >= 15 is 0 Å². The molecule has 0 aromatic rings. The van der Waals surface area contributed by atoms with Crippen LogP contribution in [0.4, 0.5) is 0 Å². The summed E-state index contributed by atoms with van der Waals surface area (Å²) in [6.45, 7) is 3.71. The molecule has 0 bridgehead atoms. The number of piperidine rings is 2. The Balaban J connectivity index is 1.95. The van der Waals surface area contributed by atoms with Crippen molar-refractivity contribution < 1.29 is 13.2 Å². The number of sulfonamides is 1. The molecule has 2 fully saturated rings. The van der Waals surface area contributed by atoms with E-state index in [2.05, 4.69) is 6.07 Å². The third-order valence-electron chi connectivity index (χ3n) is 4.48. The molecule has 21 heavy (non-hydrogen) atoms. The third-order valence-corrected chi connectivity index (χ3v) is 6.33. The minimum absolute atomic E-state index is 0.0531. The number of nitriles is 1. The van der Waals surface area contributed by atoms with Crippen LogP contribution in [0.25, 0.3) is 0 Å². The van der Waals surface area contributed by atoms with E-state index in [1.807, 2.05) is 0 Å². The zero-order valence-electron chi connectivity index (χ0n) is 12.5. The molecule has 2 saturated heterocycles. The average Bonchev–Trinajstić information content (AvgIpc) is 2.54. The second kappa shape index (κ2) is 6.75. The predicted molar refractivity (Wildman–Crippen MR) is 78.7 cm³/mol. The fourth-order valence-electron chi connectivity index (χ4n) is 3.07. The largest absolute Gasteiger partial charge is 0.342 e. The average molecular weight is 313 g/mol. The van der Waals surface area contributed by atoms with Gasteiger partial charge in [-0.25, -0.2) is 12.7 Å². The van der Waals surface area contributed by atoms with E-state index in [4.69, 9.17) is 5.26 Å². The van der Waals surface area contributed by atoms with Crippen LogP contribution < -0.4 is 0 Å². The molecule has 1 amide bonds. The number of carbonyl (C=O) groups excluding carboxylic acids is 1. The summed E-state index contributed by atoms with van der Waals surface area (Å²) >= 11 is 0. The highest BCUT2D eigenvalue weighted by molar-refractivity contribution is 7.89. The first-order chi connectivity index (χ1) is 9.97. The minimum atomic E-state index is -3.21. The van der Waals surface area contributed by atoms with Crippen LogP contribution >= 0.6 is 0 Å². The Kier molecular flexibility index (Phi) is 5.22. The molecular weight excluding hydrogens is 290 g/mol. The van der Waals surface area contributed by atoms with Gasteiger partial charge in [0, 0.05) is 32.1 Å². The van der Waals surface area contributed by atoms with Gasteiger partial charge < -0.3 is 4.90 Å². The van der Waals surface area contributed by atoms with Crippen molar-refractivity contribution in [2.75, 3.05) is 31.9 Å². The van der Waals surface area contributed by atoms with Crippen LogP contribution in [0.5, 0.6) is 0 Å². The maximum Gasteiger partial charge on any atom is 0.227 e. The quantitative estimate of drug-likeness (QED) is 0.772. The Morgan fingerprint density at radius 3 is 2.48 bits per heavy atom. The highest BCUT2D eigenvalue weighted by Gasteiger charge is 2.34. The van der Waals surface area contributed by atoms with Crippen LogP contribution in [0.3, 0.4) is 0 Å². The molecular formula is C14H23N3O3S. The van der Waals surface area contributed by atoms with Gasteiger partial charge in [-0.2, -0.15) is 5.26 Å². The lowest BCUT2D eigenvalue weighted by atomic mass is 9.94. The van der Waals surface area contributed by atoms with Crippen LogP contribution in [0.1, 0.15) is 32.6 Å². The van der Waals surface area contributed by atoms with Crippen LogP contribution in [-0.4, -0.2) is 55.5 Å². The Labute approximate surface area is 126 Å². The molecule has 2 aliphatic rings. The highest BCUT2D eigenvalue weighted by Crippen LogP contribution is 2.24. The minimum Gasteiger partial charge on any atom is -0.342 e. The summed E-state index contributed by atoms with van der Waals surface area (Å²) in [4.78, 5) is 14.3. The summed E-state index contributed by atoms with van der Waals surface area (Å²) in [5.74, 6) is -0.0277. The number of hydrogen-bond acceptors (Lipinski definition) is 4. The molecule has 0 aromatic heterocycles. The fourth-order valence-corrected chi connectivity index (χ4v) is 4.25. The zero-order valence-corrected chi connectivity index (χ0v) is 13.3. The molecule has 0 N–H and O–H groups in total. The lowest BCUT2D eigenvalue weighted by Crippen LogP contribution is -2.48. The van der Waals surface area contributed by atoms with Crippen LogP contribution in [0.15, 0.2) is 0 Å². The Morgan fingerprint density at radius 1 is 1.24 bits per heavy atom. The van der Waals surface area contributed by atoms with Gasteiger partial charge in [-0.1, -0.05) is 0 Å². The molecule has 1 unspecified atom stereocenters. The molecule has 2 heterocycles. The first kappa shape index (κ1) is 16.2. The molecule has 1 atom stereocenters. The van der Waals surface area contributed by atoms with Gasteiger partial charge >= 0.3 is 0 Å². The van der Waals surface area contributed by atoms with E-state index in [-0.39, 0.29) is 23.5 Å². The predicted octanol–water partition coefficient (Wildman–Crippen LogP) is 0.810. The van der Waals surface area contributed by atoms with Gasteiger partial charge in [0.1, 0.15) is 0 Å². The fraction of sp³-hybridized carbons (Fsp3) is 0.857. The number of carbonyl (C=O) groups is 1. The van der Waals surface area contributed by atoms with E-state index < -0.39 is 10.0 Å². The van der Waals surface area contributed by atoms with Gasteiger partial charge in [-0.05, 0) is 32.6 Å². The SMILES string of the molecule is CCS(=O)(=O)N1CCCC(C(=O)N2CCC(C#N)CC2)C1. The van der Waals surface area contributed by atoms with E-state index in [1.54, 1.807) is 11.8 Å². The zero-order chi connectivity index (χ0) is 15.5. The van der Waals surface area contributed by atoms with Crippen molar-refractivity contribution in [2.24, 2.45) is 11.8 Å². The van der Waals surface area contributed by atoms with Gasteiger partial charge in [0.15, 0.2) is 0 Å². The third kappa shape index (κ3) is 3.74. The van der Waals surface area contributed by atoms with Crippen molar-refractivity contribution in [3.8, 4) is 6.07 Å². The van der Waals surface area contributed by atoms with Gasteiger partial charge in [0.2, 0.25) is 15.9 Å². The van der Waals surface area contributed by atoms with Crippen molar-refractivity contribution in [3.63, 3.8) is 0 Å². The summed E-state index contributed by atoms with van der Waals surface area (Å²) in [6, 6.07) is 2.25. The number of hydrogen-bond donors (Lipinski definition) is 0. The van der Waals surface area contributed by atoms with Crippen molar-refractivity contribution in [1.82, 2.24) is 9.21 Å². The van der Waals surface area contributed by atoms with E-state index in [1.165, 1.54) is 4.31 Å². The molecule has 0 aromatic carbocycles. The topological polar surface area (TPSA) is 81.5 Å². The van der Waals surface area contributed by atoms with Gasteiger partial charge in [0.25, 0.3) is 0 Å². The standard InChI is InChI=1S/C14H23N3O3S/c1-2-21(19,20)17-7-3-4-13(11-17)14(18)16-8-5-12(10-15)6-9-16/h12-13H,2-9,11H2,1H3. The Bertz CT molecular complexity index is 518. The van der Waals surface area contributed by atoms with Crippen molar-refractivity contribution in [2.45, 2.75) is 32.6 Å². The highest BCUT2D eigenvalue weighted by atomic mass is 32.2. The van der Waals surface area contributed by atoms with E-state index in [0.717, 1.165) is 25.7 Å². The van der Waals surface area contributed by atoms with E-state index in [0.29, 0.717) is 26.2 Å². The van der Waals surface area contributed by atoms with Crippen molar-refractivity contribution in [3.05, 3.63) is 0 Å². The van der Waals surface area contributed by atoms with Crippen molar-refractivity contribution >= 4 is 15.9 Å². The number of amides is 1. The summed E-state index contributed by atoms with van der Waals surface area (Å²) in [5, 5.41) is 8.89. The molecule has 118 valence electrons. The Hall–Kier alpha value is -1.13. The van der Waals surface area contributed by atoms with Gasteiger partial charge in [0.05, 0.1) is 17.7 Å². The number of rotatable bonds is 3. The lowest BCUT2D eigenvalue weighted by Gasteiger charge is -2.36. The first-order valence-electron chi connectivity index (χ1n) is 7.64. The van der Waals surface area contributed by atoms with Crippen molar-refractivity contribution in [1.29, 1.82) is 5.26 Å². The molecule has 2 rings (SSSR count). The van der Waals surface area contributed by atoms with Gasteiger partial charge in [-0.3, -0.25) is 4.79 Å². The van der Waals surface area contributed by atoms with Gasteiger partial charge in [-0.15, -0.1) is 0 Å². The second-order valence-corrected chi connectivity index (χ2v) is 8.08. The molecule has 6 nitrogen and oxygen atoms in total. The number of likely N-dealkylation sites (tertiary alicyclic amines) is 1. The summed E-state index contributed by atoms with van der Waals surface area (Å²) < 4.78 is 25.4. The molecule has 0 spiro atoms. The molecule has 0 aliphatic carbocycles. The summed E-state index contributed by atoms with van der Waals surface area (Å²) in [7, 11) is -3.21. The summed E-state index contributed by atoms with van der Waals surface area (Å²) in [5.41, 5.74) is 0. The van der Waals surface area contributed by atoms with Crippen LogP contribution in [-0.2, 0) is 14.8 Å². The lowest BCUT2D eigenvalue weighted by molar-refractivity contribution is -0.137. The molecule has 0 radical (unpaired) electrons. The molecule has 7 heteroatoms. The Morgan fingerprint density at radius 2 is 1.90 bits per heavy atom. The maximum absolute atomic E-state index is 12.5. The van der Waals surface area contributed by atoms with E-state index in [9.17, 15) is 13.2 Å². The monoisotopic (exact) mass is 313 g/mol.